The number of nitrogens with one attached hydrogen (secondary N) is 1. The van der Waals surface area contributed by atoms with Crippen LogP contribution in [-0.4, -0.2) is 36.9 Å². The Morgan fingerprint density at radius 1 is 1.69 bits per heavy atom. The molecule has 1 heterocycles. The summed E-state index contributed by atoms with van der Waals surface area (Å²) in [7, 11) is 0. The summed E-state index contributed by atoms with van der Waals surface area (Å²) in [6, 6.07) is 0. The lowest BCUT2D eigenvalue weighted by molar-refractivity contribution is -0.133. The van der Waals surface area contributed by atoms with Crippen molar-refractivity contribution in [3.05, 3.63) is 0 Å². The molecule has 1 unspecified atom stereocenters. The third kappa shape index (κ3) is 3.98. The van der Waals surface area contributed by atoms with Gasteiger partial charge in [0.1, 0.15) is 0 Å². The summed E-state index contributed by atoms with van der Waals surface area (Å²) < 4.78 is 4.52. The zero-order valence-electron chi connectivity index (χ0n) is 9.31. The van der Waals surface area contributed by atoms with Crippen molar-refractivity contribution in [1.82, 2.24) is 5.32 Å². The van der Waals surface area contributed by atoms with Crippen LogP contribution in [0.5, 0.6) is 0 Å². The van der Waals surface area contributed by atoms with Crippen molar-refractivity contribution in [3.63, 3.8) is 0 Å². The minimum absolute atomic E-state index is 0.0686. The van der Waals surface area contributed by atoms with E-state index in [-0.39, 0.29) is 5.91 Å². The van der Waals surface area contributed by atoms with Crippen LogP contribution in [0.15, 0.2) is 4.99 Å². The van der Waals surface area contributed by atoms with Gasteiger partial charge in [0.05, 0.1) is 0 Å². The van der Waals surface area contributed by atoms with Crippen LogP contribution in [0.3, 0.4) is 0 Å². The van der Waals surface area contributed by atoms with E-state index in [9.17, 15) is 9.59 Å². The summed E-state index contributed by atoms with van der Waals surface area (Å²) in [5, 5.41) is 2.78. The fourth-order valence-electron chi connectivity index (χ4n) is 1.20. The standard InChI is InChI=1S/C10H17N3O3/c1-10(6-13-10)9(15)12-5-3-2-4-8(11)16-7-14/h6-8H,2-5,11H2,1H3,(H,12,15)/t8-,10?/m1/s1. The molecule has 0 saturated carbocycles. The number of carbonyl (C=O) groups is 2. The monoisotopic (exact) mass is 227 g/mol. The number of nitrogens with zero attached hydrogens (tertiary/aromatic N) is 1. The predicted molar refractivity (Wildman–Crippen MR) is 58.9 cm³/mol. The number of aliphatic imine (C=N–C) groups is 1. The molecule has 0 bridgehead atoms. The highest BCUT2D eigenvalue weighted by atomic mass is 16.5. The van der Waals surface area contributed by atoms with E-state index in [1.54, 1.807) is 13.1 Å². The van der Waals surface area contributed by atoms with Crippen molar-refractivity contribution in [2.24, 2.45) is 10.7 Å². The van der Waals surface area contributed by atoms with Gasteiger partial charge < -0.3 is 10.1 Å². The zero-order chi connectivity index (χ0) is 12.0. The lowest BCUT2D eigenvalue weighted by Gasteiger charge is -2.10. The van der Waals surface area contributed by atoms with E-state index in [4.69, 9.17) is 5.73 Å². The Morgan fingerprint density at radius 2 is 2.38 bits per heavy atom. The fraction of sp³-hybridized carbons (Fsp3) is 0.700. The van der Waals surface area contributed by atoms with Gasteiger partial charge in [0.2, 0.25) is 0 Å². The average Bonchev–Trinajstić information content (AvgIpc) is 2.97. The maximum atomic E-state index is 11.4. The van der Waals surface area contributed by atoms with E-state index in [1.165, 1.54) is 0 Å². The molecule has 0 fully saturated rings. The number of ether oxygens (including phenoxy) is 1. The number of unbranched alkanes of at least 4 members (excludes halogenated alkanes) is 1. The van der Waals surface area contributed by atoms with Gasteiger partial charge in [-0.2, -0.15) is 0 Å². The Balaban J connectivity index is 1.95. The molecule has 90 valence electrons. The molecule has 0 aliphatic carbocycles. The second-order valence-electron chi connectivity index (χ2n) is 3.93. The first-order valence-electron chi connectivity index (χ1n) is 5.28. The van der Waals surface area contributed by atoms with E-state index < -0.39 is 11.8 Å². The summed E-state index contributed by atoms with van der Waals surface area (Å²) in [6.07, 6.45) is 3.28. The molecule has 1 aliphatic rings. The van der Waals surface area contributed by atoms with Crippen molar-refractivity contribution in [1.29, 1.82) is 0 Å². The zero-order valence-corrected chi connectivity index (χ0v) is 9.31. The van der Waals surface area contributed by atoms with Crippen molar-refractivity contribution >= 4 is 18.6 Å². The molecule has 1 aliphatic heterocycles. The quantitative estimate of drug-likeness (QED) is 0.334. The van der Waals surface area contributed by atoms with Gasteiger partial charge in [0.25, 0.3) is 12.4 Å². The molecule has 0 spiro atoms. The van der Waals surface area contributed by atoms with Gasteiger partial charge in [-0.25, -0.2) is 0 Å². The Morgan fingerprint density at radius 3 is 2.94 bits per heavy atom. The van der Waals surface area contributed by atoms with Crippen LogP contribution in [0.4, 0.5) is 0 Å². The second kappa shape index (κ2) is 5.60. The van der Waals surface area contributed by atoms with Gasteiger partial charge in [-0.15, -0.1) is 0 Å². The predicted octanol–water partition coefficient (Wildman–Crippen LogP) is -0.426. The third-order valence-corrected chi connectivity index (χ3v) is 2.41. The molecule has 3 N–H and O–H groups in total. The second-order valence-corrected chi connectivity index (χ2v) is 3.93. The Hall–Kier alpha value is -1.43. The van der Waals surface area contributed by atoms with Crippen LogP contribution in [-0.2, 0) is 14.3 Å². The fourth-order valence-corrected chi connectivity index (χ4v) is 1.20. The summed E-state index contributed by atoms with van der Waals surface area (Å²) in [5.74, 6) is -0.0686. The minimum atomic E-state index is -0.600. The molecule has 0 radical (unpaired) electrons. The number of carbonyl (C=O) groups excluding carboxylic acids is 2. The van der Waals surface area contributed by atoms with E-state index in [2.05, 4.69) is 15.0 Å². The lowest BCUT2D eigenvalue weighted by Crippen LogP contribution is -2.37. The highest BCUT2D eigenvalue weighted by Gasteiger charge is 2.38. The molecule has 16 heavy (non-hydrogen) atoms. The molecular weight excluding hydrogens is 210 g/mol. The van der Waals surface area contributed by atoms with E-state index in [0.717, 1.165) is 12.8 Å². The Labute approximate surface area is 94.2 Å². The van der Waals surface area contributed by atoms with Gasteiger partial charge in [0, 0.05) is 12.8 Å². The third-order valence-electron chi connectivity index (χ3n) is 2.41. The number of hydrogen-bond acceptors (Lipinski definition) is 5. The van der Waals surface area contributed by atoms with E-state index >= 15 is 0 Å². The molecule has 1 rings (SSSR count). The van der Waals surface area contributed by atoms with Gasteiger partial charge >= 0.3 is 0 Å². The molecule has 0 aromatic rings. The van der Waals surface area contributed by atoms with Crippen LogP contribution in [0.2, 0.25) is 0 Å². The maximum Gasteiger partial charge on any atom is 0.294 e. The maximum absolute atomic E-state index is 11.4. The van der Waals surface area contributed by atoms with Crippen LogP contribution in [0.1, 0.15) is 26.2 Å². The van der Waals surface area contributed by atoms with E-state index in [1.807, 2.05) is 0 Å². The molecule has 6 nitrogen and oxygen atoms in total. The van der Waals surface area contributed by atoms with Gasteiger partial charge in [-0.1, -0.05) is 0 Å². The first kappa shape index (κ1) is 12.6. The molecule has 2 atom stereocenters. The lowest BCUT2D eigenvalue weighted by atomic mass is 10.1. The number of hydrogen-bond donors (Lipinski definition) is 2. The highest BCUT2D eigenvalue weighted by molar-refractivity contribution is 6.11. The summed E-state index contributed by atoms with van der Waals surface area (Å²) >= 11 is 0. The SMILES string of the molecule is CC1(C(=O)NCCCC[C@H](N)OC=O)C=N1. The Kier molecular flexibility index (Phi) is 4.42. The molecular formula is C10H17N3O3. The van der Waals surface area contributed by atoms with Crippen LogP contribution in [0, 0.1) is 0 Å². The van der Waals surface area contributed by atoms with Crippen molar-refractivity contribution in [2.45, 2.75) is 38.0 Å². The first-order chi connectivity index (χ1) is 7.58. The smallest absolute Gasteiger partial charge is 0.294 e. The van der Waals surface area contributed by atoms with Gasteiger partial charge in [0.15, 0.2) is 11.8 Å². The Bertz CT molecular complexity index is 285. The largest absolute Gasteiger partial charge is 0.449 e. The van der Waals surface area contributed by atoms with Crippen molar-refractivity contribution < 1.29 is 14.3 Å². The van der Waals surface area contributed by atoms with Crippen molar-refractivity contribution in [2.75, 3.05) is 6.54 Å². The average molecular weight is 227 g/mol. The van der Waals surface area contributed by atoms with Crippen LogP contribution in [0.25, 0.3) is 0 Å². The normalized spacial score (nSPS) is 23.6. The minimum Gasteiger partial charge on any atom is -0.449 e. The van der Waals surface area contributed by atoms with Crippen molar-refractivity contribution in [3.8, 4) is 0 Å². The number of nitrogens with two attached hydrogens (primary N) is 1. The molecule has 0 aromatic carbocycles. The summed E-state index contributed by atoms with van der Waals surface area (Å²) in [4.78, 5) is 25.2. The molecule has 6 heteroatoms. The first-order valence-corrected chi connectivity index (χ1v) is 5.28. The molecule has 0 saturated heterocycles. The van der Waals surface area contributed by atoms with E-state index in [0.29, 0.717) is 19.4 Å². The summed E-state index contributed by atoms with van der Waals surface area (Å²) in [5.41, 5.74) is 4.84. The van der Waals surface area contributed by atoms with Crippen LogP contribution >= 0.6 is 0 Å². The van der Waals surface area contributed by atoms with Gasteiger partial charge in [-0.05, 0) is 26.2 Å². The van der Waals surface area contributed by atoms with Gasteiger partial charge in [-0.3, -0.25) is 20.3 Å². The molecule has 0 aromatic heterocycles. The summed E-state index contributed by atoms with van der Waals surface area (Å²) in [6.45, 7) is 2.69. The number of rotatable bonds is 8. The number of amides is 1. The van der Waals surface area contributed by atoms with Crippen LogP contribution < -0.4 is 11.1 Å². The highest BCUT2D eigenvalue weighted by Crippen LogP contribution is 2.18. The molecule has 1 amide bonds. The topological polar surface area (TPSA) is 93.8 Å².